The Bertz CT molecular complexity index is 524. The van der Waals surface area contributed by atoms with Crippen LogP contribution in [0.4, 0.5) is 5.82 Å². The van der Waals surface area contributed by atoms with E-state index >= 15 is 0 Å². The van der Waals surface area contributed by atoms with Gasteiger partial charge in [0.05, 0.1) is 5.69 Å². The molecule has 2 aromatic rings. The standard InChI is InChI=1S/C10H12N4S/c1-5-4-12-9(11)8-7(5)6(2)13-10(14-8)15-3/h4H,1-3H3,(H2,11,12). The lowest BCUT2D eigenvalue weighted by Gasteiger charge is -2.07. The number of hydrogen-bond donors (Lipinski definition) is 1. The Labute approximate surface area is 92.3 Å². The van der Waals surface area contributed by atoms with Crippen LogP contribution in [0.5, 0.6) is 0 Å². The number of aromatic nitrogens is 3. The number of pyridine rings is 1. The highest BCUT2D eigenvalue weighted by molar-refractivity contribution is 7.98. The monoisotopic (exact) mass is 220 g/mol. The summed E-state index contributed by atoms with van der Waals surface area (Å²) in [6, 6.07) is 0. The molecule has 5 heteroatoms. The van der Waals surface area contributed by atoms with Gasteiger partial charge in [-0.05, 0) is 25.7 Å². The number of anilines is 1. The average Bonchev–Trinajstić information content (AvgIpc) is 2.23. The number of nitrogen functional groups attached to an aromatic ring is 1. The maximum Gasteiger partial charge on any atom is 0.188 e. The molecule has 2 aromatic heterocycles. The van der Waals surface area contributed by atoms with Gasteiger partial charge in [0, 0.05) is 11.6 Å². The Morgan fingerprint density at radius 1 is 1.27 bits per heavy atom. The quantitative estimate of drug-likeness (QED) is 0.587. The molecule has 0 aromatic carbocycles. The molecular formula is C10H12N4S. The maximum absolute atomic E-state index is 5.81. The highest BCUT2D eigenvalue weighted by Crippen LogP contribution is 2.24. The molecule has 0 amide bonds. The highest BCUT2D eigenvalue weighted by atomic mass is 32.2. The normalized spacial score (nSPS) is 10.9. The van der Waals surface area contributed by atoms with Crippen molar-refractivity contribution < 1.29 is 0 Å². The molecule has 0 fully saturated rings. The molecule has 0 atom stereocenters. The number of nitrogens with two attached hydrogens (primary N) is 1. The first kappa shape index (κ1) is 10.2. The fourth-order valence-electron chi connectivity index (χ4n) is 1.59. The summed E-state index contributed by atoms with van der Waals surface area (Å²) in [7, 11) is 0. The van der Waals surface area contributed by atoms with E-state index in [9.17, 15) is 0 Å². The molecule has 2 N–H and O–H groups in total. The van der Waals surface area contributed by atoms with E-state index in [0.29, 0.717) is 5.82 Å². The molecule has 0 unspecified atom stereocenters. The summed E-state index contributed by atoms with van der Waals surface area (Å²) in [6.07, 6.45) is 3.70. The number of fused-ring (bicyclic) bond motifs is 1. The smallest absolute Gasteiger partial charge is 0.188 e. The summed E-state index contributed by atoms with van der Waals surface area (Å²) in [4.78, 5) is 12.9. The zero-order valence-corrected chi connectivity index (χ0v) is 9.72. The fourth-order valence-corrected chi connectivity index (χ4v) is 2.00. The largest absolute Gasteiger partial charge is 0.382 e. The Morgan fingerprint density at radius 2 is 2.00 bits per heavy atom. The molecule has 4 nitrogen and oxygen atoms in total. The minimum Gasteiger partial charge on any atom is -0.382 e. The van der Waals surface area contributed by atoms with E-state index in [0.717, 1.165) is 27.3 Å². The van der Waals surface area contributed by atoms with Crippen LogP contribution in [0.15, 0.2) is 11.4 Å². The van der Waals surface area contributed by atoms with Gasteiger partial charge in [0.1, 0.15) is 11.3 Å². The van der Waals surface area contributed by atoms with Gasteiger partial charge in [-0.3, -0.25) is 0 Å². The Kier molecular flexibility index (Phi) is 2.48. The summed E-state index contributed by atoms with van der Waals surface area (Å²) in [5, 5.41) is 1.75. The topological polar surface area (TPSA) is 64.7 Å². The van der Waals surface area contributed by atoms with Crippen LogP contribution in [0.3, 0.4) is 0 Å². The highest BCUT2D eigenvalue weighted by Gasteiger charge is 2.09. The number of thioether (sulfide) groups is 1. The van der Waals surface area contributed by atoms with E-state index < -0.39 is 0 Å². The molecule has 0 saturated carbocycles. The molecule has 0 bridgehead atoms. The van der Waals surface area contributed by atoms with Gasteiger partial charge in [0.15, 0.2) is 5.16 Å². The molecule has 78 valence electrons. The number of aryl methyl sites for hydroxylation is 2. The zero-order chi connectivity index (χ0) is 11.0. The van der Waals surface area contributed by atoms with Gasteiger partial charge in [-0.1, -0.05) is 11.8 Å². The van der Waals surface area contributed by atoms with Crippen molar-refractivity contribution in [1.29, 1.82) is 0 Å². The molecule has 0 aliphatic rings. The van der Waals surface area contributed by atoms with Crippen molar-refractivity contribution in [3.63, 3.8) is 0 Å². The van der Waals surface area contributed by atoms with E-state index in [1.54, 1.807) is 6.20 Å². The van der Waals surface area contributed by atoms with Crippen molar-refractivity contribution in [2.45, 2.75) is 19.0 Å². The van der Waals surface area contributed by atoms with Gasteiger partial charge in [-0.2, -0.15) is 0 Å². The first-order chi connectivity index (χ1) is 7.13. The van der Waals surface area contributed by atoms with Crippen LogP contribution in [0.25, 0.3) is 10.9 Å². The molecule has 2 heterocycles. The summed E-state index contributed by atoms with van der Waals surface area (Å²) in [6.45, 7) is 3.96. The molecule has 0 radical (unpaired) electrons. The summed E-state index contributed by atoms with van der Waals surface area (Å²) < 4.78 is 0. The van der Waals surface area contributed by atoms with Crippen molar-refractivity contribution in [1.82, 2.24) is 15.0 Å². The molecule has 2 rings (SSSR count). The minimum absolute atomic E-state index is 0.469. The van der Waals surface area contributed by atoms with Crippen LogP contribution in [-0.4, -0.2) is 21.2 Å². The van der Waals surface area contributed by atoms with Gasteiger partial charge in [0.2, 0.25) is 0 Å². The first-order valence-corrected chi connectivity index (χ1v) is 5.79. The molecule has 0 aliphatic carbocycles. The van der Waals surface area contributed by atoms with Gasteiger partial charge in [-0.15, -0.1) is 0 Å². The SMILES string of the molecule is CSc1nc(C)c2c(C)cnc(N)c2n1. The molecule has 0 saturated heterocycles. The van der Waals surface area contributed by atoms with E-state index in [2.05, 4.69) is 15.0 Å². The second kappa shape index (κ2) is 3.66. The van der Waals surface area contributed by atoms with Crippen LogP contribution in [0.1, 0.15) is 11.3 Å². The van der Waals surface area contributed by atoms with Crippen molar-refractivity contribution in [3.8, 4) is 0 Å². The van der Waals surface area contributed by atoms with E-state index in [4.69, 9.17) is 5.73 Å². The third-order valence-electron chi connectivity index (χ3n) is 2.29. The van der Waals surface area contributed by atoms with Crippen molar-refractivity contribution in [2.75, 3.05) is 12.0 Å². The zero-order valence-electron chi connectivity index (χ0n) is 8.90. The average molecular weight is 220 g/mol. The predicted molar refractivity (Wildman–Crippen MR) is 63.0 cm³/mol. The summed E-state index contributed by atoms with van der Waals surface area (Å²) >= 11 is 1.51. The molecular weight excluding hydrogens is 208 g/mol. The van der Waals surface area contributed by atoms with Crippen LogP contribution in [-0.2, 0) is 0 Å². The van der Waals surface area contributed by atoms with Crippen molar-refractivity contribution in [3.05, 3.63) is 17.5 Å². The maximum atomic E-state index is 5.81. The van der Waals surface area contributed by atoms with Crippen LogP contribution >= 0.6 is 11.8 Å². The lowest BCUT2D eigenvalue weighted by Crippen LogP contribution is -2.00. The second-order valence-corrected chi connectivity index (χ2v) is 4.12. The van der Waals surface area contributed by atoms with E-state index in [1.807, 2.05) is 20.1 Å². The predicted octanol–water partition coefficient (Wildman–Crippen LogP) is 1.95. The van der Waals surface area contributed by atoms with Gasteiger partial charge in [0.25, 0.3) is 0 Å². The third-order valence-corrected chi connectivity index (χ3v) is 2.83. The second-order valence-electron chi connectivity index (χ2n) is 3.35. The van der Waals surface area contributed by atoms with Crippen LogP contribution in [0.2, 0.25) is 0 Å². The Morgan fingerprint density at radius 3 is 2.67 bits per heavy atom. The van der Waals surface area contributed by atoms with Gasteiger partial charge < -0.3 is 5.73 Å². The van der Waals surface area contributed by atoms with Crippen LogP contribution in [0, 0.1) is 13.8 Å². The molecule has 15 heavy (non-hydrogen) atoms. The summed E-state index contributed by atoms with van der Waals surface area (Å²) in [5.41, 5.74) is 8.58. The van der Waals surface area contributed by atoms with Crippen molar-refractivity contribution in [2.24, 2.45) is 0 Å². The molecule has 0 spiro atoms. The Hall–Kier alpha value is -1.36. The Balaban J connectivity index is 2.90. The molecule has 0 aliphatic heterocycles. The number of rotatable bonds is 1. The third kappa shape index (κ3) is 1.63. The lowest BCUT2D eigenvalue weighted by atomic mass is 10.1. The summed E-state index contributed by atoms with van der Waals surface area (Å²) in [5.74, 6) is 0.469. The lowest BCUT2D eigenvalue weighted by molar-refractivity contribution is 0.967. The van der Waals surface area contributed by atoms with Gasteiger partial charge in [-0.25, -0.2) is 15.0 Å². The van der Waals surface area contributed by atoms with Crippen LogP contribution < -0.4 is 5.73 Å². The first-order valence-electron chi connectivity index (χ1n) is 4.57. The van der Waals surface area contributed by atoms with E-state index in [-0.39, 0.29) is 0 Å². The minimum atomic E-state index is 0.469. The fraction of sp³-hybridized carbons (Fsp3) is 0.300. The van der Waals surface area contributed by atoms with Gasteiger partial charge >= 0.3 is 0 Å². The number of hydrogen-bond acceptors (Lipinski definition) is 5. The van der Waals surface area contributed by atoms with Crippen molar-refractivity contribution >= 4 is 28.5 Å². The van der Waals surface area contributed by atoms with E-state index in [1.165, 1.54) is 11.8 Å². The number of nitrogens with zero attached hydrogens (tertiary/aromatic N) is 3.